The number of H-pyrrole nitrogens is 1. The molecule has 230 valence electrons. The highest BCUT2D eigenvalue weighted by Crippen LogP contribution is 2.45. The van der Waals surface area contributed by atoms with Crippen LogP contribution in [0.5, 0.6) is 5.75 Å². The zero-order chi connectivity index (χ0) is 30.7. The van der Waals surface area contributed by atoms with Crippen molar-refractivity contribution in [3.05, 3.63) is 69.0 Å². The van der Waals surface area contributed by atoms with Gasteiger partial charge in [-0.1, -0.05) is 32.0 Å². The van der Waals surface area contributed by atoms with Crippen LogP contribution < -0.4 is 20.9 Å². The molecular formula is C28H40N4O9P+. The number of hydrogen-bond acceptors (Lipinski definition) is 9. The minimum Gasteiger partial charge on any atom is -0.468 e. The fourth-order valence-electron chi connectivity index (χ4n) is 4.32. The summed E-state index contributed by atoms with van der Waals surface area (Å²) in [5.74, 6) is -0.461. The van der Waals surface area contributed by atoms with Crippen molar-refractivity contribution < 1.29 is 37.6 Å². The number of hydrogen-bond donors (Lipinski definition) is 3. The number of nitrogens with one attached hydrogen (secondary N) is 2. The Morgan fingerprint density at radius 3 is 2.60 bits per heavy atom. The number of benzene rings is 1. The van der Waals surface area contributed by atoms with Gasteiger partial charge in [0.25, 0.3) is 5.56 Å². The summed E-state index contributed by atoms with van der Waals surface area (Å²) >= 11 is 0. The highest BCUT2D eigenvalue weighted by molar-refractivity contribution is 7.52. The molecule has 1 aliphatic rings. The molecule has 0 bridgehead atoms. The van der Waals surface area contributed by atoms with E-state index in [9.17, 15) is 24.1 Å². The van der Waals surface area contributed by atoms with Crippen LogP contribution in [-0.4, -0.2) is 76.5 Å². The Morgan fingerprint density at radius 2 is 1.95 bits per heavy atom. The number of aromatic amines is 1. The zero-order valence-corrected chi connectivity index (χ0v) is 25.2. The van der Waals surface area contributed by atoms with E-state index >= 15 is 0 Å². The third kappa shape index (κ3) is 9.33. The molecule has 0 amide bonds. The third-order valence-corrected chi connectivity index (χ3v) is 8.03. The van der Waals surface area contributed by atoms with E-state index in [1.165, 1.54) is 24.8 Å². The molecule has 3 N–H and O–H groups in total. The predicted molar refractivity (Wildman–Crippen MR) is 157 cm³/mol. The molecule has 0 saturated carbocycles. The van der Waals surface area contributed by atoms with E-state index in [2.05, 4.69) is 33.2 Å². The van der Waals surface area contributed by atoms with Gasteiger partial charge >= 0.3 is 19.4 Å². The standard InChI is InChI=1S/C28H39N4O9P/c1-5-14-31(15-6-2)16-10-11-21-18-32(28(36)29-26(21)34)25-17-23(33)24(40-25)19-39-42(37,30-20(3)27(35)38-4)41-22-12-8-7-9-13-22/h7-13,16,18,20,23-25,33H,5-6,14-15,17,19H2,1-4H3,(H-,29,30,34,36,37)/p+1/t20-,23?,24?,25?,42?/m0/s1. The van der Waals surface area contributed by atoms with Crippen molar-refractivity contribution in [1.29, 1.82) is 0 Å². The average Bonchev–Trinajstić information content (AvgIpc) is 3.33. The second-order valence-electron chi connectivity index (χ2n) is 9.80. The summed E-state index contributed by atoms with van der Waals surface area (Å²) in [5, 5.41) is 13.2. The van der Waals surface area contributed by atoms with Gasteiger partial charge in [0, 0.05) is 31.5 Å². The Balaban J connectivity index is 1.75. The first-order chi connectivity index (χ1) is 20.1. The van der Waals surface area contributed by atoms with E-state index in [1.807, 2.05) is 6.21 Å². The predicted octanol–water partition coefficient (Wildman–Crippen LogP) is 2.46. The van der Waals surface area contributed by atoms with Crippen molar-refractivity contribution in [2.75, 3.05) is 26.8 Å². The maximum absolute atomic E-state index is 13.6. The van der Waals surface area contributed by atoms with Gasteiger partial charge in [0.15, 0.2) is 6.21 Å². The Labute approximate surface area is 244 Å². The number of allylic oxidation sites excluding steroid dienone is 1. The van der Waals surface area contributed by atoms with Crippen LogP contribution >= 0.6 is 7.75 Å². The van der Waals surface area contributed by atoms with Crippen LogP contribution in [0, 0.1) is 0 Å². The minimum absolute atomic E-state index is 0.00582. The highest BCUT2D eigenvalue weighted by atomic mass is 31.2. The summed E-state index contributed by atoms with van der Waals surface area (Å²) in [4.78, 5) is 39.3. The van der Waals surface area contributed by atoms with Crippen LogP contribution in [-0.2, 0) is 23.4 Å². The molecule has 3 rings (SSSR count). The first-order valence-corrected chi connectivity index (χ1v) is 15.4. The number of carbonyl (C=O) groups is 1. The monoisotopic (exact) mass is 607 g/mol. The van der Waals surface area contributed by atoms with Crippen molar-refractivity contribution in [2.45, 2.75) is 64.5 Å². The van der Waals surface area contributed by atoms with E-state index < -0.39 is 56.0 Å². The number of nitrogens with zero attached hydrogens (tertiary/aromatic N) is 2. The molecule has 2 heterocycles. The molecule has 1 aromatic heterocycles. The smallest absolute Gasteiger partial charge is 0.459 e. The summed E-state index contributed by atoms with van der Waals surface area (Å²) in [5.41, 5.74) is -1.02. The van der Waals surface area contributed by atoms with Gasteiger partial charge in [-0.05, 0) is 25.1 Å². The molecule has 0 spiro atoms. The Hall–Kier alpha value is -3.35. The van der Waals surface area contributed by atoms with Crippen LogP contribution in [0.1, 0.15) is 51.8 Å². The van der Waals surface area contributed by atoms with Gasteiger partial charge in [0.1, 0.15) is 37.2 Å². The fourth-order valence-corrected chi connectivity index (χ4v) is 5.82. The average molecular weight is 608 g/mol. The van der Waals surface area contributed by atoms with Crippen molar-refractivity contribution in [3.63, 3.8) is 0 Å². The van der Waals surface area contributed by atoms with Crippen LogP contribution in [0.2, 0.25) is 0 Å². The third-order valence-electron chi connectivity index (χ3n) is 6.39. The number of aliphatic hydroxyl groups excluding tert-OH is 1. The maximum Gasteiger partial charge on any atom is 0.459 e. The normalized spacial score (nSPS) is 20.6. The summed E-state index contributed by atoms with van der Waals surface area (Å²) in [6.07, 6.45) is 5.57. The van der Waals surface area contributed by atoms with E-state index in [0.29, 0.717) is 0 Å². The van der Waals surface area contributed by atoms with Gasteiger partial charge in [0.2, 0.25) is 0 Å². The van der Waals surface area contributed by atoms with E-state index in [0.717, 1.165) is 25.9 Å². The number of aromatic nitrogens is 2. The summed E-state index contributed by atoms with van der Waals surface area (Å²) < 4.78 is 38.7. The quantitative estimate of drug-likeness (QED) is 0.119. The lowest BCUT2D eigenvalue weighted by atomic mass is 10.2. The van der Waals surface area contributed by atoms with Crippen LogP contribution in [0.3, 0.4) is 0 Å². The van der Waals surface area contributed by atoms with E-state index in [1.54, 1.807) is 42.5 Å². The molecule has 13 nitrogen and oxygen atoms in total. The molecule has 2 aromatic rings. The lowest BCUT2D eigenvalue weighted by Crippen LogP contribution is -2.36. The van der Waals surface area contributed by atoms with Crippen LogP contribution in [0.15, 0.2) is 52.2 Å². The lowest BCUT2D eigenvalue weighted by Gasteiger charge is -2.24. The summed E-state index contributed by atoms with van der Waals surface area (Å²) in [6, 6.07) is 7.19. The van der Waals surface area contributed by atoms with Crippen molar-refractivity contribution in [3.8, 4) is 5.75 Å². The van der Waals surface area contributed by atoms with Gasteiger partial charge in [-0.3, -0.25) is 23.7 Å². The number of carbonyl (C=O) groups excluding carboxylic acids is 1. The Morgan fingerprint density at radius 1 is 1.26 bits per heavy atom. The lowest BCUT2D eigenvalue weighted by molar-refractivity contribution is -0.522. The second-order valence-corrected chi connectivity index (χ2v) is 11.5. The van der Waals surface area contributed by atoms with Crippen molar-refractivity contribution >= 4 is 26.0 Å². The van der Waals surface area contributed by atoms with Gasteiger partial charge < -0.3 is 19.1 Å². The van der Waals surface area contributed by atoms with Gasteiger partial charge in [-0.25, -0.2) is 13.9 Å². The molecule has 0 radical (unpaired) electrons. The number of rotatable bonds is 15. The Kier molecular flexibility index (Phi) is 12.4. The maximum atomic E-state index is 13.6. The number of aliphatic hydroxyl groups is 1. The van der Waals surface area contributed by atoms with Crippen LogP contribution in [0.25, 0.3) is 6.08 Å². The van der Waals surface area contributed by atoms with Crippen molar-refractivity contribution in [1.82, 2.24) is 14.6 Å². The van der Waals surface area contributed by atoms with Gasteiger partial charge in [-0.15, -0.1) is 0 Å². The molecule has 0 aliphatic carbocycles. The largest absolute Gasteiger partial charge is 0.468 e. The zero-order valence-electron chi connectivity index (χ0n) is 24.3. The number of ether oxygens (including phenoxy) is 2. The SMILES string of the molecule is CCC[N+](=C/C=C/c1cn(C2CC(O)C(COP(=O)(N[C@@H](C)C(=O)OC)Oc3ccccc3)O2)c(=O)[nH]c1=O)CCC. The highest BCUT2D eigenvalue weighted by Gasteiger charge is 2.39. The molecule has 1 saturated heterocycles. The Bertz CT molecular complexity index is 1400. The number of para-hydroxylation sites is 1. The van der Waals surface area contributed by atoms with Crippen molar-refractivity contribution in [2.24, 2.45) is 0 Å². The topological polar surface area (TPSA) is 161 Å². The molecule has 14 heteroatoms. The summed E-state index contributed by atoms with van der Waals surface area (Å²) in [6.45, 7) is 6.97. The van der Waals surface area contributed by atoms with E-state index in [-0.39, 0.29) is 17.7 Å². The molecule has 1 aliphatic heterocycles. The molecule has 1 fully saturated rings. The van der Waals surface area contributed by atoms with Gasteiger partial charge in [0.05, 0.1) is 25.4 Å². The molecule has 4 unspecified atom stereocenters. The minimum atomic E-state index is -4.16. The number of esters is 1. The first kappa shape index (κ1) is 33.2. The second kappa shape index (κ2) is 15.8. The molecule has 5 atom stereocenters. The molecular weight excluding hydrogens is 567 g/mol. The van der Waals surface area contributed by atoms with Crippen LogP contribution in [0.4, 0.5) is 0 Å². The molecule has 42 heavy (non-hydrogen) atoms. The van der Waals surface area contributed by atoms with Gasteiger partial charge in [-0.2, -0.15) is 5.09 Å². The summed E-state index contributed by atoms with van der Waals surface area (Å²) in [7, 11) is -2.97. The first-order valence-electron chi connectivity index (χ1n) is 13.9. The molecule has 1 aromatic carbocycles. The number of methoxy groups -OCH3 is 1. The van der Waals surface area contributed by atoms with E-state index in [4.69, 9.17) is 13.8 Å². The fraction of sp³-hybridized carbons (Fsp3) is 0.500.